The molecule has 2 rings (SSSR count). The van der Waals surface area contributed by atoms with Gasteiger partial charge < -0.3 is 15.0 Å². The topological polar surface area (TPSA) is 75.7 Å². The molecule has 0 radical (unpaired) electrons. The van der Waals surface area contributed by atoms with Crippen LogP contribution in [-0.4, -0.2) is 41.9 Å². The van der Waals surface area contributed by atoms with E-state index in [9.17, 15) is 14.4 Å². The molecule has 0 unspecified atom stereocenters. The van der Waals surface area contributed by atoms with Crippen LogP contribution < -0.4 is 5.32 Å². The Balaban J connectivity index is 2.05. The predicted molar refractivity (Wildman–Crippen MR) is 98.0 cm³/mol. The summed E-state index contributed by atoms with van der Waals surface area (Å²) in [6, 6.07) is 0.236. The number of nitrogens with zero attached hydrogens (tertiary/aromatic N) is 1. The summed E-state index contributed by atoms with van der Waals surface area (Å²) in [7, 11) is 0. The average molecular weight is 366 g/mol. The molecule has 0 spiro atoms. The first kappa shape index (κ1) is 19.4. The lowest BCUT2D eigenvalue weighted by molar-refractivity contribution is -0.138. The zero-order chi connectivity index (χ0) is 18.6. The highest BCUT2D eigenvalue weighted by molar-refractivity contribution is 7.16. The van der Waals surface area contributed by atoms with Gasteiger partial charge in [0.2, 0.25) is 5.91 Å². The highest BCUT2D eigenvalue weighted by atomic mass is 32.1. The molecule has 1 aromatic heterocycles. The maximum atomic E-state index is 12.5. The summed E-state index contributed by atoms with van der Waals surface area (Å²) in [5.74, 6) is -0.958. The molecular weight excluding hydrogens is 340 g/mol. The van der Waals surface area contributed by atoms with Gasteiger partial charge in [-0.3, -0.25) is 9.59 Å². The van der Waals surface area contributed by atoms with E-state index in [0.29, 0.717) is 10.6 Å². The molecule has 0 aliphatic carbocycles. The van der Waals surface area contributed by atoms with Crippen LogP contribution in [-0.2, 0) is 14.3 Å². The number of hydrogen-bond donors (Lipinski definition) is 1. The lowest BCUT2D eigenvalue weighted by atomic mass is 10.00. The number of carbonyl (C=O) groups excluding carboxylic acids is 3. The van der Waals surface area contributed by atoms with Crippen molar-refractivity contribution in [3.8, 4) is 0 Å². The van der Waals surface area contributed by atoms with Crippen LogP contribution in [0.15, 0.2) is 0 Å². The molecule has 1 saturated heterocycles. The molecule has 0 saturated carbocycles. The Morgan fingerprint density at radius 2 is 2.00 bits per heavy atom. The summed E-state index contributed by atoms with van der Waals surface area (Å²) in [6.45, 7) is 7.62. The van der Waals surface area contributed by atoms with E-state index in [0.717, 1.165) is 42.7 Å². The number of carbonyl (C=O) groups is 3. The second-order valence-electron chi connectivity index (χ2n) is 6.39. The molecule has 1 aliphatic rings. The molecule has 138 valence electrons. The van der Waals surface area contributed by atoms with E-state index in [2.05, 4.69) is 12.2 Å². The van der Waals surface area contributed by atoms with E-state index >= 15 is 0 Å². The molecule has 1 aromatic rings. The molecule has 1 N–H and O–H groups in total. The predicted octanol–water partition coefficient (Wildman–Crippen LogP) is 3.27. The number of amides is 2. The van der Waals surface area contributed by atoms with Gasteiger partial charge >= 0.3 is 5.97 Å². The van der Waals surface area contributed by atoms with Gasteiger partial charge in [0.15, 0.2) is 6.61 Å². The maximum absolute atomic E-state index is 12.5. The van der Waals surface area contributed by atoms with Gasteiger partial charge in [-0.05, 0) is 45.1 Å². The van der Waals surface area contributed by atoms with Crippen LogP contribution in [0.5, 0.6) is 0 Å². The van der Waals surface area contributed by atoms with Crippen molar-refractivity contribution in [3.05, 3.63) is 16.0 Å². The lowest BCUT2D eigenvalue weighted by Crippen LogP contribution is -2.45. The van der Waals surface area contributed by atoms with Crippen molar-refractivity contribution in [2.75, 3.05) is 18.5 Å². The maximum Gasteiger partial charge on any atom is 0.341 e. The van der Waals surface area contributed by atoms with Crippen molar-refractivity contribution in [1.82, 2.24) is 4.90 Å². The van der Waals surface area contributed by atoms with Crippen LogP contribution >= 0.6 is 11.3 Å². The van der Waals surface area contributed by atoms with Crippen LogP contribution in [0.2, 0.25) is 0 Å². The van der Waals surface area contributed by atoms with Gasteiger partial charge in [0.25, 0.3) is 5.91 Å². The number of likely N-dealkylation sites (tertiary alicyclic amines) is 1. The molecule has 0 aromatic carbocycles. The number of rotatable bonds is 5. The first-order valence-electron chi connectivity index (χ1n) is 8.69. The molecular formula is C18H26N2O4S. The Hall–Kier alpha value is -1.89. The first-order chi connectivity index (χ1) is 11.8. The van der Waals surface area contributed by atoms with Gasteiger partial charge in [-0.25, -0.2) is 4.79 Å². The van der Waals surface area contributed by atoms with E-state index in [1.165, 1.54) is 18.3 Å². The minimum atomic E-state index is -0.566. The summed E-state index contributed by atoms with van der Waals surface area (Å²) < 4.78 is 5.28. The molecule has 1 atom stereocenters. The van der Waals surface area contributed by atoms with Crippen LogP contribution in [0, 0.1) is 13.8 Å². The van der Waals surface area contributed by atoms with E-state index in [-0.39, 0.29) is 24.5 Å². The van der Waals surface area contributed by atoms with Crippen molar-refractivity contribution in [1.29, 1.82) is 0 Å². The van der Waals surface area contributed by atoms with Crippen molar-refractivity contribution in [2.24, 2.45) is 0 Å². The molecule has 6 nitrogen and oxygen atoms in total. The zero-order valence-electron chi connectivity index (χ0n) is 15.3. The molecule has 7 heteroatoms. The highest BCUT2D eigenvalue weighted by Crippen LogP contribution is 2.33. The largest absolute Gasteiger partial charge is 0.452 e. The fourth-order valence-corrected chi connectivity index (χ4v) is 4.25. The number of ether oxygens (including phenoxy) is 1. The van der Waals surface area contributed by atoms with Crippen molar-refractivity contribution in [2.45, 2.75) is 59.4 Å². The summed E-state index contributed by atoms with van der Waals surface area (Å²) in [4.78, 5) is 39.0. The van der Waals surface area contributed by atoms with Crippen molar-refractivity contribution in [3.63, 3.8) is 0 Å². The van der Waals surface area contributed by atoms with E-state index in [4.69, 9.17) is 4.74 Å². The summed E-state index contributed by atoms with van der Waals surface area (Å²) >= 11 is 1.34. The SMILES string of the molecule is CC[C@@H]1CCCCN1C(=O)COC(=O)c1c(NC(C)=O)sc(C)c1C. The van der Waals surface area contributed by atoms with Gasteiger partial charge in [-0.15, -0.1) is 11.3 Å². The minimum Gasteiger partial charge on any atom is -0.452 e. The van der Waals surface area contributed by atoms with Crippen molar-refractivity contribution < 1.29 is 19.1 Å². The Morgan fingerprint density at radius 1 is 1.28 bits per heavy atom. The lowest BCUT2D eigenvalue weighted by Gasteiger charge is -2.35. The van der Waals surface area contributed by atoms with Crippen LogP contribution in [0.4, 0.5) is 5.00 Å². The quantitative estimate of drug-likeness (QED) is 0.812. The van der Waals surface area contributed by atoms with E-state index in [1.807, 2.05) is 18.7 Å². The fourth-order valence-electron chi connectivity index (χ4n) is 3.16. The number of piperidine rings is 1. The molecule has 2 heterocycles. The standard InChI is InChI=1S/C18H26N2O4S/c1-5-14-8-6-7-9-20(14)15(22)10-24-18(23)16-11(2)12(3)25-17(16)19-13(4)21/h14H,5-10H2,1-4H3,(H,19,21)/t14-/m1/s1. The highest BCUT2D eigenvalue weighted by Gasteiger charge is 2.27. The number of esters is 1. The molecule has 1 aliphatic heterocycles. The summed E-state index contributed by atoms with van der Waals surface area (Å²) in [6.07, 6.45) is 4.04. The number of nitrogens with one attached hydrogen (secondary N) is 1. The molecule has 0 bridgehead atoms. The molecule has 2 amide bonds. The van der Waals surface area contributed by atoms with Gasteiger partial charge in [-0.1, -0.05) is 6.92 Å². The average Bonchev–Trinajstić information content (AvgIpc) is 2.85. The van der Waals surface area contributed by atoms with Gasteiger partial charge in [0, 0.05) is 24.4 Å². The summed E-state index contributed by atoms with van der Waals surface area (Å²) in [5.41, 5.74) is 1.12. The third-order valence-electron chi connectivity index (χ3n) is 4.62. The summed E-state index contributed by atoms with van der Waals surface area (Å²) in [5, 5.41) is 3.14. The van der Waals surface area contributed by atoms with Gasteiger partial charge in [0.05, 0.1) is 5.56 Å². The number of hydrogen-bond acceptors (Lipinski definition) is 5. The Morgan fingerprint density at radius 3 is 2.64 bits per heavy atom. The van der Waals surface area contributed by atoms with Crippen molar-refractivity contribution >= 4 is 34.1 Å². The molecule has 25 heavy (non-hydrogen) atoms. The minimum absolute atomic E-state index is 0.148. The number of aryl methyl sites for hydroxylation is 1. The molecule has 1 fully saturated rings. The van der Waals surface area contributed by atoms with E-state index in [1.54, 1.807) is 0 Å². The Kier molecular flexibility index (Phi) is 6.58. The van der Waals surface area contributed by atoms with Gasteiger partial charge in [-0.2, -0.15) is 0 Å². The normalized spacial score (nSPS) is 17.3. The second-order valence-corrected chi connectivity index (χ2v) is 7.61. The smallest absolute Gasteiger partial charge is 0.341 e. The van der Waals surface area contributed by atoms with E-state index < -0.39 is 5.97 Å². The second kappa shape index (κ2) is 8.47. The van der Waals surface area contributed by atoms with Crippen LogP contribution in [0.1, 0.15) is 60.3 Å². The monoisotopic (exact) mass is 366 g/mol. The number of thiophene rings is 1. The van der Waals surface area contributed by atoms with Crippen LogP contribution in [0.25, 0.3) is 0 Å². The first-order valence-corrected chi connectivity index (χ1v) is 9.51. The van der Waals surface area contributed by atoms with Crippen LogP contribution in [0.3, 0.4) is 0 Å². The third-order valence-corrected chi connectivity index (χ3v) is 5.75. The number of anilines is 1. The zero-order valence-corrected chi connectivity index (χ0v) is 16.1. The fraction of sp³-hybridized carbons (Fsp3) is 0.611. The van der Waals surface area contributed by atoms with Gasteiger partial charge in [0.1, 0.15) is 5.00 Å². The third kappa shape index (κ3) is 4.60. The Bertz CT molecular complexity index is 668. The Labute approximate surface area is 152 Å².